The van der Waals surface area contributed by atoms with E-state index in [-0.39, 0.29) is 11.8 Å². The first kappa shape index (κ1) is 15.1. The molecule has 5 nitrogen and oxygen atoms in total. The summed E-state index contributed by atoms with van der Waals surface area (Å²) in [5.74, 6) is 0.0659. The maximum atomic E-state index is 9.55. The Morgan fingerprint density at radius 2 is 2.17 bits per heavy atom. The summed E-state index contributed by atoms with van der Waals surface area (Å²) in [6.07, 6.45) is 2.04. The number of hydrogen-bond donors (Lipinski definition) is 3. The highest BCUT2D eigenvalue weighted by Crippen LogP contribution is 2.20. The molecule has 7 heteroatoms. The second kappa shape index (κ2) is 6.86. The Labute approximate surface area is 112 Å². The number of phenolic OH excluding ortho intramolecular Hbond substituents is 1. The lowest BCUT2D eigenvalue weighted by molar-refractivity contribution is 0.184. The molecule has 0 amide bonds. The fourth-order valence-electron chi connectivity index (χ4n) is 1.29. The Morgan fingerprint density at radius 3 is 2.78 bits per heavy atom. The molecule has 0 fully saturated rings. The average Bonchev–Trinajstić information content (AvgIpc) is 2.31. The van der Waals surface area contributed by atoms with Crippen LogP contribution in [0.3, 0.4) is 0 Å². The zero-order valence-corrected chi connectivity index (χ0v) is 11.8. The van der Waals surface area contributed by atoms with Gasteiger partial charge in [0.25, 0.3) is 0 Å². The van der Waals surface area contributed by atoms with Crippen molar-refractivity contribution >= 4 is 26.6 Å². The van der Waals surface area contributed by atoms with Gasteiger partial charge in [-0.05, 0) is 24.6 Å². The van der Waals surface area contributed by atoms with Crippen LogP contribution < -0.4 is 0 Å². The average molecular weight is 290 g/mol. The number of benzene rings is 1. The highest BCUT2D eigenvalue weighted by molar-refractivity contribution is 6.57. The predicted octanol–water partition coefficient (Wildman–Crippen LogP) is 1.42. The molecule has 1 aromatic carbocycles. The summed E-state index contributed by atoms with van der Waals surface area (Å²) >= 11 is 5.70. The molecule has 0 unspecified atom stereocenters. The van der Waals surface area contributed by atoms with Crippen LogP contribution in [0.4, 0.5) is 0 Å². The maximum Gasteiger partial charge on any atom is 0.495 e. The van der Waals surface area contributed by atoms with E-state index in [0.29, 0.717) is 23.6 Å². The molecule has 100 valence electrons. The number of aliphatic imine (C=N–C) groups is 1. The topological polar surface area (TPSA) is 82.3 Å². The second-order valence-electron chi connectivity index (χ2n) is 3.79. The van der Waals surface area contributed by atoms with Crippen LogP contribution in [0.25, 0.3) is 0 Å². The first-order valence-corrected chi connectivity index (χ1v) is 7.81. The molecule has 1 rings (SSSR count). The second-order valence-corrected chi connectivity index (χ2v) is 6.62. The van der Waals surface area contributed by atoms with Crippen LogP contribution in [0.15, 0.2) is 23.2 Å². The third kappa shape index (κ3) is 5.15. The van der Waals surface area contributed by atoms with E-state index in [1.807, 2.05) is 0 Å². The third-order valence-electron chi connectivity index (χ3n) is 2.34. The molecule has 0 atom stereocenters. The van der Waals surface area contributed by atoms with E-state index >= 15 is 0 Å². The van der Waals surface area contributed by atoms with Gasteiger partial charge in [0.05, 0.1) is 0 Å². The molecule has 0 aliphatic heterocycles. The monoisotopic (exact) mass is 289 g/mol. The van der Waals surface area contributed by atoms with Gasteiger partial charge in [-0.3, -0.25) is 4.99 Å². The van der Waals surface area contributed by atoms with Crippen molar-refractivity contribution in [1.29, 1.82) is 0 Å². The lowest BCUT2D eigenvalue weighted by Gasteiger charge is -2.13. The molecule has 1 aromatic rings. The fraction of sp³-hybridized carbons (Fsp3) is 0.364. The van der Waals surface area contributed by atoms with E-state index < -0.39 is 8.80 Å². The number of halogens is 1. The molecule has 0 saturated carbocycles. The Bertz CT molecular complexity index is 426. The van der Waals surface area contributed by atoms with Crippen molar-refractivity contribution in [3.8, 4) is 5.75 Å². The van der Waals surface area contributed by atoms with E-state index in [1.54, 1.807) is 12.1 Å². The van der Waals surface area contributed by atoms with Crippen molar-refractivity contribution in [2.75, 3.05) is 13.7 Å². The predicted molar refractivity (Wildman–Crippen MR) is 72.2 cm³/mol. The summed E-state index contributed by atoms with van der Waals surface area (Å²) in [6, 6.07) is 4.96. The zero-order valence-electron chi connectivity index (χ0n) is 10.0. The number of rotatable bonds is 6. The van der Waals surface area contributed by atoms with Crippen LogP contribution in [0, 0.1) is 0 Å². The van der Waals surface area contributed by atoms with Crippen molar-refractivity contribution in [3.63, 3.8) is 0 Å². The van der Waals surface area contributed by atoms with Crippen LogP contribution >= 0.6 is 11.6 Å². The molecule has 0 heterocycles. The van der Waals surface area contributed by atoms with Crippen LogP contribution in [-0.4, -0.2) is 43.4 Å². The van der Waals surface area contributed by atoms with Crippen molar-refractivity contribution < 1.29 is 19.1 Å². The quantitative estimate of drug-likeness (QED) is 0.420. The van der Waals surface area contributed by atoms with Crippen molar-refractivity contribution in [1.82, 2.24) is 0 Å². The molecule has 0 saturated heterocycles. The molecule has 0 aromatic heterocycles. The minimum Gasteiger partial charge on any atom is -0.507 e. The number of aromatic hydroxyl groups is 1. The van der Waals surface area contributed by atoms with Crippen molar-refractivity contribution in [2.45, 2.75) is 12.5 Å². The minimum atomic E-state index is -3.47. The molecule has 18 heavy (non-hydrogen) atoms. The van der Waals surface area contributed by atoms with Gasteiger partial charge >= 0.3 is 8.80 Å². The van der Waals surface area contributed by atoms with Gasteiger partial charge in [0.2, 0.25) is 0 Å². The van der Waals surface area contributed by atoms with Gasteiger partial charge < -0.3 is 19.1 Å². The summed E-state index contributed by atoms with van der Waals surface area (Å²) in [7, 11) is -2.19. The largest absolute Gasteiger partial charge is 0.507 e. The van der Waals surface area contributed by atoms with Gasteiger partial charge in [-0.15, -0.1) is 0 Å². The van der Waals surface area contributed by atoms with Crippen molar-refractivity contribution in [3.05, 3.63) is 28.8 Å². The standard InChI is InChI=1S/C11H16ClNO4Si/c1-17-18(15,16)6-2-5-13-8-9-3-4-10(12)7-11(9)14/h3-4,7-8,14-16H,2,5-6H2,1H3. The molecule has 0 spiro atoms. The number of nitrogens with zero attached hydrogens (tertiary/aromatic N) is 1. The van der Waals surface area contributed by atoms with E-state index in [2.05, 4.69) is 9.42 Å². The van der Waals surface area contributed by atoms with Crippen molar-refractivity contribution in [2.24, 2.45) is 4.99 Å². The van der Waals surface area contributed by atoms with E-state index in [9.17, 15) is 14.7 Å². The van der Waals surface area contributed by atoms with Gasteiger partial charge in [0.1, 0.15) is 5.75 Å². The Morgan fingerprint density at radius 1 is 1.44 bits per heavy atom. The Hall–Kier alpha value is -0.923. The SMILES string of the molecule is CO[Si](O)(O)CCCN=Cc1ccc(Cl)cc1O. The van der Waals surface area contributed by atoms with Gasteiger partial charge in [-0.25, -0.2) is 0 Å². The maximum absolute atomic E-state index is 9.55. The van der Waals surface area contributed by atoms with Gasteiger partial charge in [0, 0.05) is 36.5 Å². The highest BCUT2D eigenvalue weighted by atomic mass is 35.5. The van der Waals surface area contributed by atoms with Crippen LogP contribution in [0.5, 0.6) is 5.75 Å². The van der Waals surface area contributed by atoms with Gasteiger partial charge in [0.15, 0.2) is 0 Å². The zero-order chi connectivity index (χ0) is 13.6. The van der Waals surface area contributed by atoms with E-state index in [1.165, 1.54) is 19.4 Å². The van der Waals surface area contributed by atoms with Crippen LogP contribution in [0.1, 0.15) is 12.0 Å². The van der Waals surface area contributed by atoms with Gasteiger partial charge in [-0.2, -0.15) is 0 Å². The molecule has 0 bridgehead atoms. The molecular formula is C11H16ClNO4Si. The number of hydrogen-bond acceptors (Lipinski definition) is 5. The first-order valence-electron chi connectivity index (χ1n) is 5.43. The Kier molecular flexibility index (Phi) is 5.77. The lowest BCUT2D eigenvalue weighted by atomic mass is 10.2. The normalized spacial score (nSPS) is 12.2. The molecule has 0 radical (unpaired) electrons. The van der Waals surface area contributed by atoms with E-state index in [0.717, 1.165) is 0 Å². The summed E-state index contributed by atoms with van der Waals surface area (Å²) in [4.78, 5) is 22.6. The fourth-order valence-corrected chi connectivity index (χ4v) is 2.28. The minimum absolute atomic E-state index is 0.0659. The molecular weight excluding hydrogens is 274 g/mol. The highest BCUT2D eigenvalue weighted by Gasteiger charge is 2.29. The first-order chi connectivity index (χ1) is 8.44. The van der Waals surface area contributed by atoms with Crippen LogP contribution in [0.2, 0.25) is 11.1 Å². The molecule has 0 aliphatic carbocycles. The summed E-state index contributed by atoms with van der Waals surface area (Å²) in [6.45, 7) is 0.432. The summed E-state index contributed by atoms with van der Waals surface area (Å²) in [5.41, 5.74) is 0.572. The molecule has 0 aliphatic rings. The van der Waals surface area contributed by atoms with Gasteiger partial charge in [-0.1, -0.05) is 11.6 Å². The Balaban J connectivity index is 2.41. The van der Waals surface area contributed by atoms with Crippen LogP contribution in [-0.2, 0) is 4.43 Å². The molecule has 3 N–H and O–H groups in total. The smallest absolute Gasteiger partial charge is 0.495 e. The lowest BCUT2D eigenvalue weighted by Crippen LogP contribution is -2.37. The van der Waals surface area contributed by atoms with E-state index in [4.69, 9.17) is 11.6 Å². The summed E-state index contributed by atoms with van der Waals surface area (Å²) < 4.78 is 4.58. The summed E-state index contributed by atoms with van der Waals surface area (Å²) in [5, 5.41) is 10.0. The third-order valence-corrected chi connectivity index (χ3v) is 4.23. The number of phenols is 1.